The molecule has 17 rings (SSSR count). The first kappa shape index (κ1) is 52.8. The number of benzene rings is 12. The van der Waals surface area contributed by atoms with Gasteiger partial charge in [-0.05, 0) is 235 Å². The molecule has 12 aromatic carbocycles. The van der Waals surface area contributed by atoms with Gasteiger partial charge in [-0.2, -0.15) is 0 Å². The van der Waals surface area contributed by atoms with Crippen molar-refractivity contribution in [1.29, 1.82) is 0 Å². The smallest absolute Gasteiger partial charge is 0.0496 e. The topological polar surface area (TPSA) is 6.48 Å². The van der Waals surface area contributed by atoms with Crippen molar-refractivity contribution in [3.8, 4) is 77.9 Å². The molecular weight excluding hydrogens is 1050 g/mol. The van der Waals surface area contributed by atoms with Crippen LogP contribution in [0.5, 0.6) is 0 Å². The summed E-state index contributed by atoms with van der Waals surface area (Å²) in [6.45, 7) is 4.82. The van der Waals surface area contributed by atoms with E-state index >= 15 is 0 Å². The molecule has 0 aromatic heterocycles. The highest BCUT2D eigenvalue weighted by Gasteiger charge is 2.49. The number of hydrogen-bond acceptors (Lipinski definition) is 2. The van der Waals surface area contributed by atoms with Gasteiger partial charge in [0.2, 0.25) is 0 Å². The molecule has 4 saturated carbocycles. The van der Waals surface area contributed by atoms with Crippen LogP contribution in [0.2, 0.25) is 0 Å². The summed E-state index contributed by atoms with van der Waals surface area (Å²) in [6, 6.07) is 111. The maximum atomic E-state index is 2.62. The lowest BCUT2D eigenvalue weighted by molar-refractivity contribution is -0.00259. The molecule has 5 aliphatic carbocycles. The van der Waals surface area contributed by atoms with Gasteiger partial charge in [0.1, 0.15) is 0 Å². The molecule has 0 N–H and O–H groups in total. The summed E-state index contributed by atoms with van der Waals surface area (Å²) in [5.41, 5.74) is 28.2. The van der Waals surface area contributed by atoms with Gasteiger partial charge in [0.15, 0.2) is 0 Å². The van der Waals surface area contributed by atoms with E-state index in [2.05, 4.69) is 321 Å². The van der Waals surface area contributed by atoms with Crippen molar-refractivity contribution in [2.45, 2.75) is 57.3 Å². The van der Waals surface area contributed by atoms with Crippen LogP contribution in [0, 0.1) is 23.7 Å². The van der Waals surface area contributed by atoms with Crippen molar-refractivity contribution < 1.29 is 0 Å². The fourth-order valence-corrected chi connectivity index (χ4v) is 16.3. The summed E-state index contributed by atoms with van der Waals surface area (Å²) in [5, 5.41) is 0. The molecule has 87 heavy (non-hydrogen) atoms. The number of anilines is 6. The van der Waals surface area contributed by atoms with Gasteiger partial charge in [-0.3, -0.25) is 0 Å². The quantitative estimate of drug-likeness (QED) is 0.114. The Bertz CT molecular complexity index is 4320. The van der Waals surface area contributed by atoms with Crippen molar-refractivity contribution in [3.63, 3.8) is 0 Å². The van der Waals surface area contributed by atoms with E-state index in [1.165, 1.54) is 138 Å². The van der Waals surface area contributed by atoms with Crippen LogP contribution in [0.4, 0.5) is 34.1 Å². The molecule has 0 radical (unpaired) electrons. The first-order valence-corrected chi connectivity index (χ1v) is 31.6. The Hall–Kier alpha value is -9.76. The van der Waals surface area contributed by atoms with Crippen LogP contribution < -0.4 is 9.80 Å². The van der Waals surface area contributed by atoms with Crippen molar-refractivity contribution in [2.75, 3.05) is 9.80 Å². The Balaban J connectivity index is 0.807. The van der Waals surface area contributed by atoms with Gasteiger partial charge in [-0.25, -0.2) is 0 Å². The van der Waals surface area contributed by atoms with E-state index < -0.39 is 0 Å². The van der Waals surface area contributed by atoms with Gasteiger partial charge < -0.3 is 9.80 Å². The average Bonchev–Trinajstić information content (AvgIpc) is 2.00. The Labute approximate surface area is 513 Å². The molecule has 0 unspecified atom stereocenters. The number of rotatable bonds is 13. The molecule has 12 aromatic rings. The maximum Gasteiger partial charge on any atom is 0.0496 e. The fraction of sp³-hybridized carbons (Fsp3) is 0.153. The van der Waals surface area contributed by atoms with Gasteiger partial charge in [-0.15, -0.1) is 0 Å². The lowest BCUT2D eigenvalue weighted by Gasteiger charge is -2.55. The van der Waals surface area contributed by atoms with E-state index in [9.17, 15) is 0 Å². The van der Waals surface area contributed by atoms with E-state index in [0.717, 1.165) is 46.3 Å². The van der Waals surface area contributed by atoms with E-state index in [1.807, 2.05) is 0 Å². The fourth-order valence-electron chi connectivity index (χ4n) is 16.3. The summed E-state index contributed by atoms with van der Waals surface area (Å²) in [5.74, 6) is 3.94. The van der Waals surface area contributed by atoms with Gasteiger partial charge >= 0.3 is 0 Å². The molecular formula is C85H70N2. The van der Waals surface area contributed by atoms with Gasteiger partial charge in [0, 0.05) is 39.5 Å². The van der Waals surface area contributed by atoms with Crippen LogP contribution in [0.3, 0.4) is 0 Å². The monoisotopic (exact) mass is 1120 g/mol. The second-order valence-corrected chi connectivity index (χ2v) is 25.7. The lowest BCUT2D eigenvalue weighted by Crippen LogP contribution is -2.44. The number of nitrogens with zero attached hydrogens (tertiary/aromatic N) is 2. The van der Waals surface area contributed by atoms with Crippen molar-refractivity contribution in [1.82, 2.24) is 0 Å². The molecule has 5 aliphatic rings. The third-order valence-electron chi connectivity index (χ3n) is 20.3. The molecule has 0 heterocycles. The van der Waals surface area contributed by atoms with Crippen LogP contribution in [-0.4, -0.2) is 0 Å². The summed E-state index contributed by atoms with van der Waals surface area (Å²) in [6.07, 6.45) is 7.01. The number of hydrogen-bond donors (Lipinski definition) is 0. The van der Waals surface area contributed by atoms with E-state index in [1.54, 1.807) is 0 Å². The first-order chi connectivity index (χ1) is 42.9. The van der Waals surface area contributed by atoms with E-state index in [-0.39, 0.29) is 5.41 Å². The normalized spacial score (nSPS) is 18.4. The van der Waals surface area contributed by atoms with E-state index in [0.29, 0.717) is 5.92 Å². The Kier molecular flexibility index (Phi) is 13.3. The lowest BCUT2D eigenvalue weighted by atomic mass is 9.50. The van der Waals surface area contributed by atoms with Crippen LogP contribution in [0.15, 0.2) is 297 Å². The maximum absolute atomic E-state index is 2.62. The van der Waals surface area contributed by atoms with E-state index in [4.69, 9.17) is 0 Å². The van der Waals surface area contributed by atoms with Gasteiger partial charge in [-0.1, -0.05) is 232 Å². The molecule has 0 spiro atoms. The minimum atomic E-state index is -0.122. The van der Waals surface area contributed by atoms with Crippen molar-refractivity contribution >= 4 is 34.1 Å². The molecule has 4 fully saturated rings. The molecule has 4 bridgehead atoms. The van der Waals surface area contributed by atoms with Crippen LogP contribution >= 0.6 is 0 Å². The largest absolute Gasteiger partial charge is 0.311 e. The van der Waals surface area contributed by atoms with Crippen molar-refractivity contribution in [2.24, 2.45) is 23.7 Å². The summed E-state index contributed by atoms with van der Waals surface area (Å²) >= 11 is 0. The Morgan fingerprint density at radius 3 is 1.08 bits per heavy atom. The molecule has 0 amide bonds. The highest BCUT2D eigenvalue weighted by atomic mass is 15.1. The minimum Gasteiger partial charge on any atom is -0.311 e. The molecule has 2 heteroatoms. The summed E-state index contributed by atoms with van der Waals surface area (Å²) in [7, 11) is 0. The number of para-hydroxylation sites is 1. The number of fused-ring (bicyclic) bond motifs is 3. The first-order valence-electron chi connectivity index (χ1n) is 31.6. The standard InChI is InChI=1S/C85H70N2/c1-85(2)81-29-17-15-27-74(81)75-48-47-73(54-82(75)85)87(83-30-18-16-28-76(83)84-67-50-57-49-58(52-67)53-68(84)51-57)72-45-37-66(38-46-72)80-56-77(63-23-11-5-12-24-63)79(55-78(80)64-25-13-6-14-26-64)65-35-43-71(44-36-65)86(69-39-31-61(32-40-69)59-19-7-3-8-20-59)70-41-33-62(34-42-70)60-21-9-4-10-22-60/h3-48,54-58,67-68,84H,49-53H2,1-2H3. The minimum absolute atomic E-state index is 0.122. The highest BCUT2D eigenvalue weighted by molar-refractivity contribution is 5.96. The SMILES string of the molecule is CC1(C)c2ccccc2-c2ccc(N(c3ccc(-c4cc(-c5ccccc5)c(-c5ccc(N(c6ccc(-c7ccccc7)cc6)c6ccc(-c7ccccc7)cc6)cc5)cc4-c4ccccc4)cc3)c3ccccc3C3C4CC5CC(C4)CC3C5)cc21. The molecule has 0 saturated heterocycles. The predicted octanol–water partition coefficient (Wildman–Crippen LogP) is 23.5. The second-order valence-electron chi connectivity index (χ2n) is 25.7. The third-order valence-corrected chi connectivity index (χ3v) is 20.3. The highest BCUT2D eigenvalue weighted by Crippen LogP contribution is 2.62. The Morgan fingerprint density at radius 2 is 0.609 bits per heavy atom. The summed E-state index contributed by atoms with van der Waals surface area (Å²) < 4.78 is 0. The van der Waals surface area contributed by atoms with Crippen molar-refractivity contribution in [3.05, 3.63) is 314 Å². The zero-order valence-corrected chi connectivity index (χ0v) is 49.6. The zero-order chi connectivity index (χ0) is 58.0. The molecule has 0 atom stereocenters. The van der Waals surface area contributed by atoms with Crippen LogP contribution in [-0.2, 0) is 5.41 Å². The Morgan fingerprint density at radius 1 is 0.264 bits per heavy atom. The van der Waals surface area contributed by atoms with Gasteiger partial charge in [0.25, 0.3) is 0 Å². The predicted molar refractivity (Wildman–Crippen MR) is 366 cm³/mol. The molecule has 0 aliphatic heterocycles. The zero-order valence-electron chi connectivity index (χ0n) is 49.6. The average molecular weight is 1120 g/mol. The van der Waals surface area contributed by atoms with Crippen LogP contribution in [0.25, 0.3) is 77.9 Å². The third kappa shape index (κ3) is 9.60. The second kappa shape index (κ2) is 21.9. The molecule has 420 valence electrons. The van der Waals surface area contributed by atoms with Crippen LogP contribution in [0.1, 0.15) is 68.6 Å². The van der Waals surface area contributed by atoms with Gasteiger partial charge in [0.05, 0.1) is 0 Å². The summed E-state index contributed by atoms with van der Waals surface area (Å²) in [4.78, 5) is 4.99. The molecule has 2 nitrogen and oxygen atoms in total.